The first-order valence-corrected chi connectivity index (χ1v) is 9.85. The lowest BCUT2D eigenvalue weighted by Crippen LogP contribution is -2.53. The standard InChI is InChI=1S/C22H27FN4O2/c1-17(19-7-9-20(23)10-8-19)25-22(29)27-13-11-26(12-14-27)16-21(28)24-15-18-5-3-2-4-6-18/h2-10,17H,11-16H2,1H3,(H,24,28)(H,25,29). The maximum absolute atomic E-state index is 13.0. The van der Waals surface area contributed by atoms with E-state index in [2.05, 4.69) is 10.6 Å². The van der Waals surface area contributed by atoms with Crippen LogP contribution in [0, 0.1) is 5.82 Å². The predicted octanol–water partition coefficient (Wildman–Crippen LogP) is 2.53. The van der Waals surface area contributed by atoms with E-state index < -0.39 is 0 Å². The first-order valence-electron chi connectivity index (χ1n) is 9.85. The van der Waals surface area contributed by atoms with E-state index in [0.717, 1.165) is 11.1 Å². The molecule has 2 aromatic rings. The summed E-state index contributed by atoms with van der Waals surface area (Å²) < 4.78 is 13.0. The molecule has 3 rings (SSSR count). The van der Waals surface area contributed by atoms with Crippen molar-refractivity contribution in [3.8, 4) is 0 Å². The van der Waals surface area contributed by atoms with E-state index in [-0.39, 0.29) is 23.8 Å². The fraction of sp³-hybridized carbons (Fsp3) is 0.364. The highest BCUT2D eigenvalue weighted by atomic mass is 19.1. The highest BCUT2D eigenvalue weighted by Crippen LogP contribution is 2.13. The van der Waals surface area contributed by atoms with Gasteiger partial charge in [0.1, 0.15) is 5.82 Å². The van der Waals surface area contributed by atoms with Gasteiger partial charge in [-0.3, -0.25) is 9.69 Å². The lowest BCUT2D eigenvalue weighted by molar-refractivity contribution is -0.122. The van der Waals surface area contributed by atoms with Crippen molar-refractivity contribution in [1.29, 1.82) is 0 Å². The summed E-state index contributed by atoms with van der Waals surface area (Å²) in [5.41, 5.74) is 1.92. The van der Waals surface area contributed by atoms with Crippen molar-refractivity contribution in [3.05, 3.63) is 71.5 Å². The Hall–Kier alpha value is -2.93. The summed E-state index contributed by atoms with van der Waals surface area (Å²) in [4.78, 5) is 28.4. The van der Waals surface area contributed by atoms with Crippen LogP contribution in [0.1, 0.15) is 24.1 Å². The van der Waals surface area contributed by atoms with E-state index in [0.29, 0.717) is 39.3 Å². The molecule has 0 radical (unpaired) electrons. The molecular formula is C22H27FN4O2. The van der Waals surface area contributed by atoms with E-state index in [1.807, 2.05) is 42.2 Å². The van der Waals surface area contributed by atoms with E-state index in [1.165, 1.54) is 12.1 Å². The van der Waals surface area contributed by atoms with Crippen molar-refractivity contribution in [1.82, 2.24) is 20.4 Å². The molecular weight excluding hydrogens is 371 g/mol. The number of hydrogen-bond donors (Lipinski definition) is 2. The lowest BCUT2D eigenvalue weighted by Gasteiger charge is -2.35. The molecule has 154 valence electrons. The Balaban J connectivity index is 1.38. The molecule has 1 fully saturated rings. The van der Waals surface area contributed by atoms with Gasteiger partial charge in [0.2, 0.25) is 5.91 Å². The van der Waals surface area contributed by atoms with Gasteiger partial charge in [0.05, 0.1) is 12.6 Å². The third-order valence-electron chi connectivity index (χ3n) is 5.07. The molecule has 2 N–H and O–H groups in total. The molecule has 1 aliphatic heterocycles. The molecule has 1 saturated heterocycles. The summed E-state index contributed by atoms with van der Waals surface area (Å²) in [6, 6.07) is 15.6. The Kier molecular flexibility index (Phi) is 7.19. The fourth-order valence-electron chi connectivity index (χ4n) is 3.28. The zero-order chi connectivity index (χ0) is 20.6. The number of halogens is 1. The Bertz CT molecular complexity index is 805. The fourth-order valence-corrected chi connectivity index (χ4v) is 3.28. The predicted molar refractivity (Wildman–Crippen MR) is 110 cm³/mol. The third-order valence-corrected chi connectivity index (χ3v) is 5.07. The average molecular weight is 398 g/mol. The quantitative estimate of drug-likeness (QED) is 0.786. The van der Waals surface area contributed by atoms with Crippen molar-refractivity contribution in [2.75, 3.05) is 32.7 Å². The summed E-state index contributed by atoms with van der Waals surface area (Å²) in [7, 11) is 0. The summed E-state index contributed by atoms with van der Waals surface area (Å²) in [6.45, 7) is 5.14. The Morgan fingerprint density at radius 2 is 1.66 bits per heavy atom. The number of carbonyl (C=O) groups excluding carboxylic acids is 2. The normalized spacial score (nSPS) is 15.6. The smallest absolute Gasteiger partial charge is 0.317 e. The van der Waals surface area contributed by atoms with Gasteiger partial charge in [-0.25, -0.2) is 9.18 Å². The van der Waals surface area contributed by atoms with Gasteiger partial charge in [0.15, 0.2) is 0 Å². The molecule has 1 aliphatic rings. The van der Waals surface area contributed by atoms with Crippen LogP contribution in [0.2, 0.25) is 0 Å². The molecule has 6 nitrogen and oxygen atoms in total. The Morgan fingerprint density at radius 3 is 2.31 bits per heavy atom. The molecule has 0 saturated carbocycles. The minimum absolute atomic E-state index is 0.0170. The van der Waals surface area contributed by atoms with Crippen LogP contribution in [0.15, 0.2) is 54.6 Å². The summed E-state index contributed by atoms with van der Waals surface area (Å²) in [5, 5.41) is 5.87. The van der Waals surface area contributed by atoms with Crippen LogP contribution in [0.4, 0.5) is 9.18 Å². The number of rotatable bonds is 6. The van der Waals surface area contributed by atoms with Gasteiger partial charge in [0.25, 0.3) is 0 Å². The van der Waals surface area contributed by atoms with Gasteiger partial charge in [-0.15, -0.1) is 0 Å². The number of amides is 3. The number of piperazine rings is 1. The second-order valence-electron chi connectivity index (χ2n) is 7.25. The SMILES string of the molecule is CC(NC(=O)N1CCN(CC(=O)NCc2ccccc2)CC1)c1ccc(F)cc1. The van der Waals surface area contributed by atoms with Gasteiger partial charge in [0, 0.05) is 32.7 Å². The van der Waals surface area contributed by atoms with Crippen LogP contribution >= 0.6 is 0 Å². The van der Waals surface area contributed by atoms with E-state index in [1.54, 1.807) is 17.0 Å². The molecule has 29 heavy (non-hydrogen) atoms. The minimum atomic E-state index is -0.295. The number of nitrogens with one attached hydrogen (secondary N) is 2. The first kappa shape index (κ1) is 20.8. The van der Waals surface area contributed by atoms with Crippen LogP contribution in [0.5, 0.6) is 0 Å². The van der Waals surface area contributed by atoms with Crippen molar-refractivity contribution in [2.24, 2.45) is 0 Å². The third kappa shape index (κ3) is 6.29. The van der Waals surface area contributed by atoms with Crippen LogP contribution in [0.25, 0.3) is 0 Å². The first-order chi connectivity index (χ1) is 14.0. The van der Waals surface area contributed by atoms with Crippen molar-refractivity contribution in [2.45, 2.75) is 19.5 Å². The van der Waals surface area contributed by atoms with Gasteiger partial charge in [-0.2, -0.15) is 0 Å². The number of carbonyl (C=O) groups is 2. The van der Waals surface area contributed by atoms with Gasteiger partial charge in [-0.1, -0.05) is 42.5 Å². The number of hydrogen-bond acceptors (Lipinski definition) is 3. The van der Waals surface area contributed by atoms with E-state index in [4.69, 9.17) is 0 Å². The van der Waals surface area contributed by atoms with Crippen molar-refractivity contribution < 1.29 is 14.0 Å². The van der Waals surface area contributed by atoms with Crippen molar-refractivity contribution in [3.63, 3.8) is 0 Å². The van der Waals surface area contributed by atoms with E-state index in [9.17, 15) is 14.0 Å². The monoisotopic (exact) mass is 398 g/mol. The molecule has 7 heteroatoms. The second kappa shape index (κ2) is 10.0. The maximum atomic E-state index is 13.0. The van der Waals surface area contributed by atoms with Crippen LogP contribution in [-0.4, -0.2) is 54.5 Å². The second-order valence-corrected chi connectivity index (χ2v) is 7.25. The van der Waals surface area contributed by atoms with Crippen LogP contribution < -0.4 is 10.6 Å². The van der Waals surface area contributed by atoms with Crippen molar-refractivity contribution >= 4 is 11.9 Å². The molecule has 0 aliphatic carbocycles. The summed E-state index contributed by atoms with van der Waals surface area (Å²) in [5.74, 6) is -0.312. The van der Waals surface area contributed by atoms with Gasteiger partial charge >= 0.3 is 6.03 Å². The van der Waals surface area contributed by atoms with E-state index >= 15 is 0 Å². The number of nitrogens with zero attached hydrogens (tertiary/aromatic N) is 2. The number of urea groups is 1. The zero-order valence-corrected chi connectivity index (χ0v) is 16.6. The molecule has 0 spiro atoms. The molecule has 0 aromatic heterocycles. The maximum Gasteiger partial charge on any atom is 0.317 e. The van der Waals surface area contributed by atoms with Crippen LogP contribution in [0.3, 0.4) is 0 Å². The molecule has 3 amide bonds. The average Bonchev–Trinajstić information content (AvgIpc) is 2.74. The zero-order valence-electron chi connectivity index (χ0n) is 16.6. The Labute approximate surface area is 170 Å². The largest absolute Gasteiger partial charge is 0.351 e. The molecule has 1 atom stereocenters. The molecule has 1 unspecified atom stereocenters. The van der Waals surface area contributed by atoms with Crippen LogP contribution in [-0.2, 0) is 11.3 Å². The minimum Gasteiger partial charge on any atom is -0.351 e. The summed E-state index contributed by atoms with van der Waals surface area (Å²) in [6.07, 6.45) is 0. The highest BCUT2D eigenvalue weighted by Gasteiger charge is 2.23. The topological polar surface area (TPSA) is 64.7 Å². The highest BCUT2D eigenvalue weighted by molar-refractivity contribution is 5.78. The number of benzene rings is 2. The summed E-state index contributed by atoms with van der Waals surface area (Å²) >= 11 is 0. The lowest BCUT2D eigenvalue weighted by atomic mass is 10.1. The van der Waals surface area contributed by atoms with Gasteiger partial charge < -0.3 is 15.5 Å². The molecule has 1 heterocycles. The Morgan fingerprint density at radius 1 is 1.00 bits per heavy atom. The molecule has 2 aromatic carbocycles. The molecule has 0 bridgehead atoms. The van der Waals surface area contributed by atoms with Gasteiger partial charge in [-0.05, 0) is 30.2 Å².